The number of hydrogen-bond acceptors (Lipinski definition) is 2. The van der Waals surface area contributed by atoms with Crippen molar-refractivity contribution in [2.24, 2.45) is 23.5 Å². The summed E-state index contributed by atoms with van der Waals surface area (Å²) in [5, 5.41) is 3.50. The van der Waals surface area contributed by atoms with Crippen LogP contribution in [0.3, 0.4) is 0 Å². The predicted molar refractivity (Wildman–Crippen MR) is 62.2 cm³/mol. The molecule has 3 N–H and O–H groups in total. The van der Waals surface area contributed by atoms with E-state index in [9.17, 15) is 0 Å². The molecule has 1 aliphatic carbocycles. The molecule has 0 heterocycles. The summed E-state index contributed by atoms with van der Waals surface area (Å²) in [6.07, 6.45) is 5.62. The fourth-order valence-electron chi connectivity index (χ4n) is 2.95. The van der Waals surface area contributed by atoms with Crippen molar-refractivity contribution in [3.05, 3.63) is 0 Å². The highest BCUT2D eigenvalue weighted by atomic mass is 14.9. The maximum Gasteiger partial charge on any atom is 0.0135 e. The molecule has 0 spiro atoms. The molecular weight excluding hydrogens is 172 g/mol. The highest BCUT2D eigenvalue weighted by molar-refractivity contribution is 4.86. The Bertz CT molecular complexity index is 150. The molecule has 2 atom stereocenters. The molecule has 0 aromatic heterocycles. The molecule has 14 heavy (non-hydrogen) atoms. The normalized spacial score (nSPS) is 22.9. The van der Waals surface area contributed by atoms with Crippen LogP contribution in [0.15, 0.2) is 0 Å². The summed E-state index contributed by atoms with van der Waals surface area (Å²) in [5.41, 5.74) is 5.88. The average molecular weight is 198 g/mol. The van der Waals surface area contributed by atoms with Gasteiger partial charge in [-0.15, -0.1) is 0 Å². The zero-order chi connectivity index (χ0) is 10.6. The van der Waals surface area contributed by atoms with Crippen molar-refractivity contribution in [1.82, 2.24) is 5.32 Å². The minimum Gasteiger partial charge on any atom is -0.330 e. The van der Waals surface area contributed by atoms with Gasteiger partial charge in [-0.2, -0.15) is 0 Å². The van der Waals surface area contributed by atoms with Crippen LogP contribution >= 0.6 is 0 Å². The monoisotopic (exact) mass is 198 g/mol. The van der Waals surface area contributed by atoms with Gasteiger partial charge in [0.2, 0.25) is 0 Å². The van der Waals surface area contributed by atoms with Crippen LogP contribution in [0.5, 0.6) is 0 Å². The number of nitrogens with one attached hydrogen (secondary N) is 1. The summed E-state index contributed by atoms with van der Waals surface area (Å²) in [6, 6.07) is 0.641. The second-order valence-electron chi connectivity index (χ2n) is 5.00. The van der Waals surface area contributed by atoms with Crippen LogP contribution in [0.25, 0.3) is 0 Å². The fourth-order valence-corrected chi connectivity index (χ4v) is 2.95. The van der Waals surface area contributed by atoms with Gasteiger partial charge in [0.15, 0.2) is 0 Å². The van der Waals surface area contributed by atoms with E-state index in [1.165, 1.54) is 25.7 Å². The van der Waals surface area contributed by atoms with Gasteiger partial charge in [-0.1, -0.05) is 26.7 Å². The summed E-state index contributed by atoms with van der Waals surface area (Å²) in [7, 11) is 2.09. The Morgan fingerprint density at radius 3 is 2.21 bits per heavy atom. The summed E-state index contributed by atoms with van der Waals surface area (Å²) in [5.74, 6) is 2.21. The highest BCUT2D eigenvalue weighted by Crippen LogP contribution is 2.32. The van der Waals surface area contributed by atoms with E-state index in [0.717, 1.165) is 12.5 Å². The van der Waals surface area contributed by atoms with E-state index >= 15 is 0 Å². The molecule has 0 bridgehead atoms. The predicted octanol–water partition coefficient (Wildman–Crippen LogP) is 2.00. The smallest absolute Gasteiger partial charge is 0.0135 e. The van der Waals surface area contributed by atoms with Gasteiger partial charge in [0.05, 0.1) is 0 Å². The van der Waals surface area contributed by atoms with Gasteiger partial charge in [0.1, 0.15) is 0 Å². The zero-order valence-electron chi connectivity index (χ0n) is 9.92. The molecule has 84 valence electrons. The molecule has 0 aromatic carbocycles. The van der Waals surface area contributed by atoms with Crippen molar-refractivity contribution in [1.29, 1.82) is 0 Å². The van der Waals surface area contributed by atoms with Crippen molar-refractivity contribution in [2.45, 2.75) is 45.6 Å². The minimum atomic E-state index is 0.641. The maximum absolute atomic E-state index is 5.88. The highest BCUT2D eigenvalue weighted by Gasteiger charge is 2.30. The Kier molecular flexibility index (Phi) is 4.90. The van der Waals surface area contributed by atoms with Crippen LogP contribution in [-0.4, -0.2) is 19.6 Å². The van der Waals surface area contributed by atoms with E-state index in [1.54, 1.807) is 0 Å². The van der Waals surface area contributed by atoms with Gasteiger partial charge in [-0.05, 0) is 44.2 Å². The van der Waals surface area contributed by atoms with E-state index in [2.05, 4.69) is 26.2 Å². The van der Waals surface area contributed by atoms with Crippen molar-refractivity contribution < 1.29 is 0 Å². The molecule has 1 rings (SSSR count). The second kappa shape index (κ2) is 5.72. The second-order valence-corrected chi connectivity index (χ2v) is 5.00. The van der Waals surface area contributed by atoms with Gasteiger partial charge in [0.25, 0.3) is 0 Å². The molecule has 0 aromatic rings. The van der Waals surface area contributed by atoms with Gasteiger partial charge >= 0.3 is 0 Å². The molecule has 0 saturated heterocycles. The molecule has 2 heteroatoms. The Hall–Kier alpha value is -0.0800. The Balaban J connectivity index is 2.57. The molecular formula is C12H26N2. The molecule has 1 aliphatic rings. The van der Waals surface area contributed by atoms with Gasteiger partial charge in [-0.25, -0.2) is 0 Å². The molecule has 2 unspecified atom stereocenters. The van der Waals surface area contributed by atoms with Crippen LogP contribution in [0.1, 0.15) is 39.5 Å². The molecule has 1 fully saturated rings. The standard InChI is InChI=1S/C12H26N2/c1-9(2)11(8-13)12(14-3)10-6-4-5-7-10/h9-12,14H,4-8,13H2,1-3H3. The third-order valence-electron chi connectivity index (χ3n) is 3.83. The van der Waals surface area contributed by atoms with Gasteiger partial charge in [-0.3, -0.25) is 0 Å². The van der Waals surface area contributed by atoms with Crippen molar-refractivity contribution >= 4 is 0 Å². The largest absolute Gasteiger partial charge is 0.330 e. The third-order valence-corrected chi connectivity index (χ3v) is 3.83. The van der Waals surface area contributed by atoms with E-state index < -0.39 is 0 Å². The average Bonchev–Trinajstić information content (AvgIpc) is 2.65. The van der Waals surface area contributed by atoms with Crippen molar-refractivity contribution in [3.63, 3.8) is 0 Å². The first kappa shape index (κ1) is 12.0. The Morgan fingerprint density at radius 2 is 1.86 bits per heavy atom. The lowest BCUT2D eigenvalue weighted by molar-refractivity contribution is 0.224. The number of nitrogens with two attached hydrogens (primary N) is 1. The molecule has 0 radical (unpaired) electrons. The van der Waals surface area contributed by atoms with E-state index in [-0.39, 0.29) is 0 Å². The fraction of sp³-hybridized carbons (Fsp3) is 1.00. The van der Waals surface area contributed by atoms with Crippen molar-refractivity contribution in [3.8, 4) is 0 Å². The first-order valence-electron chi connectivity index (χ1n) is 6.08. The van der Waals surface area contributed by atoms with Gasteiger partial charge < -0.3 is 11.1 Å². The molecule has 2 nitrogen and oxygen atoms in total. The summed E-state index contributed by atoms with van der Waals surface area (Å²) in [6.45, 7) is 5.40. The maximum atomic E-state index is 5.88. The Morgan fingerprint density at radius 1 is 1.29 bits per heavy atom. The summed E-state index contributed by atoms with van der Waals surface area (Å²) < 4.78 is 0. The van der Waals surface area contributed by atoms with Crippen LogP contribution < -0.4 is 11.1 Å². The topological polar surface area (TPSA) is 38.0 Å². The van der Waals surface area contributed by atoms with Crippen LogP contribution in [0, 0.1) is 17.8 Å². The SMILES string of the molecule is CNC(C1CCCC1)C(CN)C(C)C. The lowest BCUT2D eigenvalue weighted by Crippen LogP contribution is -2.44. The van der Waals surface area contributed by atoms with Crippen molar-refractivity contribution in [2.75, 3.05) is 13.6 Å². The van der Waals surface area contributed by atoms with E-state index in [0.29, 0.717) is 17.9 Å². The molecule has 1 saturated carbocycles. The van der Waals surface area contributed by atoms with Crippen LogP contribution in [0.2, 0.25) is 0 Å². The lowest BCUT2D eigenvalue weighted by atomic mass is 9.80. The third kappa shape index (κ3) is 2.71. The number of rotatable bonds is 5. The number of hydrogen-bond donors (Lipinski definition) is 2. The summed E-state index contributed by atoms with van der Waals surface area (Å²) in [4.78, 5) is 0. The van der Waals surface area contributed by atoms with Crippen LogP contribution in [-0.2, 0) is 0 Å². The van der Waals surface area contributed by atoms with E-state index in [4.69, 9.17) is 5.73 Å². The van der Waals surface area contributed by atoms with E-state index in [1.807, 2.05) is 0 Å². The molecule has 0 aliphatic heterocycles. The zero-order valence-corrected chi connectivity index (χ0v) is 9.92. The van der Waals surface area contributed by atoms with Gasteiger partial charge in [0, 0.05) is 6.04 Å². The van der Waals surface area contributed by atoms with Crippen LogP contribution in [0.4, 0.5) is 0 Å². The first-order valence-corrected chi connectivity index (χ1v) is 6.08. The quantitative estimate of drug-likeness (QED) is 0.709. The minimum absolute atomic E-state index is 0.641. The first-order chi connectivity index (χ1) is 6.70. The summed E-state index contributed by atoms with van der Waals surface area (Å²) >= 11 is 0. The lowest BCUT2D eigenvalue weighted by Gasteiger charge is -2.33. The molecule has 0 amide bonds. The Labute approximate surface area is 88.6 Å².